The van der Waals surface area contributed by atoms with Gasteiger partial charge in [0.05, 0.1) is 6.54 Å². The molecule has 1 saturated heterocycles. The third kappa shape index (κ3) is 3.01. The van der Waals surface area contributed by atoms with Crippen LogP contribution in [0.2, 0.25) is 0 Å². The van der Waals surface area contributed by atoms with Gasteiger partial charge in [0, 0.05) is 6.04 Å². The molecule has 2 heterocycles. The van der Waals surface area contributed by atoms with Crippen LogP contribution in [-0.2, 0) is 13.0 Å². The second-order valence-electron chi connectivity index (χ2n) is 5.19. The van der Waals surface area contributed by atoms with Crippen molar-refractivity contribution in [2.75, 3.05) is 6.54 Å². The molecule has 1 fully saturated rings. The minimum Gasteiger partial charge on any atom is -0.338 e. The molecular formula is C15H19N3O. The highest BCUT2D eigenvalue weighted by molar-refractivity contribution is 5.16. The minimum atomic E-state index is 0.592. The number of likely N-dealkylation sites (tertiary alicyclic amines) is 1. The quantitative estimate of drug-likeness (QED) is 0.844. The zero-order chi connectivity index (χ0) is 13.1. The van der Waals surface area contributed by atoms with Crippen LogP contribution in [-0.4, -0.2) is 27.6 Å². The van der Waals surface area contributed by atoms with Gasteiger partial charge in [0.25, 0.3) is 0 Å². The third-order valence-electron chi connectivity index (χ3n) is 3.72. The van der Waals surface area contributed by atoms with Gasteiger partial charge in [0.15, 0.2) is 5.82 Å². The zero-order valence-electron chi connectivity index (χ0n) is 11.2. The van der Waals surface area contributed by atoms with Crippen molar-refractivity contribution in [3.8, 4) is 0 Å². The molecule has 1 unspecified atom stereocenters. The summed E-state index contributed by atoms with van der Waals surface area (Å²) in [4.78, 5) is 6.75. The van der Waals surface area contributed by atoms with Gasteiger partial charge in [0.1, 0.15) is 0 Å². The first-order chi connectivity index (χ1) is 9.31. The molecule has 1 aliphatic heterocycles. The number of benzene rings is 1. The van der Waals surface area contributed by atoms with E-state index in [1.54, 1.807) is 0 Å². The second kappa shape index (κ2) is 5.53. The molecule has 0 amide bonds. The molecule has 19 heavy (non-hydrogen) atoms. The lowest BCUT2D eigenvalue weighted by atomic mass is 10.0. The maximum atomic E-state index is 5.22. The zero-order valence-corrected chi connectivity index (χ0v) is 11.2. The molecule has 0 N–H and O–H groups in total. The Bertz CT molecular complexity index is 523. The molecule has 100 valence electrons. The van der Waals surface area contributed by atoms with Gasteiger partial charge in [0.2, 0.25) is 5.89 Å². The summed E-state index contributed by atoms with van der Waals surface area (Å²) < 4.78 is 5.22. The molecule has 1 aliphatic rings. The topological polar surface area (TPSA) is 42.2 Å². The average Bonchev–Trinajstić information content (AvgIpc) is 3.01. The summed E-state index contributed by atoms with van der Waals surface area (Å²) in [5.41, 5.74) is 1.40. The molecule has 4 nitrogen and oxygen atoms in total. The van der Waals surface area contributed by atoms with Crippen molar-refractivity contribution in [3.63, 3.8) is 0 Å². The van der Waals surface area contributed by atoms with Gasteiger partial charge in [-0.05, 0) is 38.3 Å². The maximum Gasteiger partial charge on any atom is 0.240 e. The van der Waals surface area contributed by atoms with E-state index < -0.39 is 0 Å². The van der Waals surface area contributed by atoms with Crippen molar-refractivity contribution in [1.29, 1.82) is 0 Å². The fraction of sp³-hybridized carbons (Fsp3) is 0.467. The summed E-state index contributed by atoms with van der Waals surface area (Å²) >= 11 is 0. The minimum absolute atomic E-state index is 0.592. The predicted octanol–water partition coefficient (Wildman–Crippen LogP) is 2.59. The van der Waals surface area contributed by atoms with Crippen LogP contribution in [0.25, 0.3) is 0 Å². The van der Waals surface area contributed by atoms with Gasteiger partial charge < -0.3 is 4.52 Å². The van der Waals surface area contributed by atoms with Crippen LogP contribution in [0.3, 0.4) is 0 Å². The number of aromatic nitrogens is 2. The van der Waals surface area contributed by atoms with Gasteiger partial charge >= 0.3 is 0 Å². The van der Waals surface area contributed by atoms with E-state index in [-0.39, 0.29) is 0 Å². The fourth-order valence-electron chi connectivity index (χ4n) is 2.80. The van der Waals surface area contributed by atoms with Crippen LogP contribution in [0.4, 0.5) is 0 Å². The summed E-state index contributed by atoms with van der Waals surface area (Å²) in [7, 11) is 0. The number of hydrogen-bond donors (Lipinski definition) is 0. The van der Waals surface area contributed by atoms with Gasteiger partial charge in [-0.25, -0.2) is 0 Å². The van der Waals surface area contributed by atoms with Crippen molar-refractivity contribution in [3.05, 3.63) is 47.6 Å². The van der Waals surface area contributed by atoms with Gasteiger partial charge in [-0.3, -0.25) is 4.90 Å². The molecule has 3 rings (SSSR count). The van der Waals surface area contributed by atoms with Gasteiger partial charge in [-0.1, -0.05) is 35.5 Å². The first-order valence-electron chi connectivity index (χ1n) is 6.88. The molecule has 2 aromatic rings. The molecule has 1 aromatic heterocycles. The van der Waals surface area contributed by atoms with Crippen molar-refractivity contribution in [2.45, 2.75) is 38.8 Å². The first kappa shape index (κ1) is 12.4. The Morgan fingerprint density at radius 3 is 2.89 bits per heavy atom. The van der Waals surface area contributed by atoms with Crippen molar-refractivity contribution >= 4 is 0 Å². The SMILES string of the molecule is Cc1noc(CN2CCCC2Cc2ccccc2)n1. The average molecular weight is 257 g/mol. The number of aryl methyl sites for hydroxylation is 1. The Balaban J connectivity index is 1.65. The Hall–Kier alpha value is -1.68. The lowest BCUT2D eigenvalue weighted by Crippen LogP contribution is -2.30. The first-order valence-corrected chi connectivity index (χ1v) is 6.88. The van der Waals surface area contributed by atoms with E-state index in [1.165, 1.54) is 18.4 Å². The van der Waals surface area contributed by atoms with E-state index in [4.69, 9.17) is 4.52 Å². The van der Waals surface area contributed by atoms with Crippen LogP contribution < -0.4 is 0 Å². The largest absolute Gasteiger partial charge is 0.338 e. The Kier molecular flexibility index (Phi) is 3.60. The number of rotatable bonds is 4. The molecule has 1 aromatic carbocycles. The number of hydrogen-bond acceptors (Lipinski definition) is 4. The third-order valence-corrected chi connectivity index (χ3v) is 3.72. The van der Waals surface area contributed by atoms with Crippen LogP contribution in [0, 0.1) is 6.92 Å². The van der Waals surface area contributed by atoms with Crippen LogP contribution in [0.5, 0.6) is 0 Å². The highest BCUT2D eigenvalue weighted by Gasteiger charge is 2.26. The lowest BCUT2D eigenvalue weighted by Gasteiger charge is -2.22. The number of nitrogens with zero attached hydrogens (tertiary/aromatic N) is 3. The Morgan fingerprint density at radius 1 is 1.32 bits per heavy atom. The second-order valence-corrected chi connectivity index (χ2v) is 5.19. The van der Waals surface area contributed by atoms with E-state index in [9.17, 15) is 0 Å². The maximum absolute atomic E-state index is 5.22. The van der Waals surface area contributed by atoms with Crippen molar-refractivity contribution in [1.82, 2.24) is 15.0 Å². The molecule has 0 spiro atoms. The van der Waals surface area contributed by atoms with Crippen molar-refractivity contribution < 1.29 is 4.52 Å². The fourth-order valence-corrected chi connectivity index (χ4v) is 2.80. The van der Waals surface area contributed by atoms with E-state index in [0.29, 0.717) is 11.9 Å². The Morgan fingerprint density at radius 2 is 2.16 bits per heavy atom. The van der Waals surface area contributed by atoms with Gasteiger partial charge in [-0.2, -0.15) is 4.98 Å². The molecule has 1 atom stereocenters. The standard InChI is InChI=1S/C15H19N3O/c1-12-16-15(19-17-12)11-18-9-5-8-14(18)10-13-6-3-2-4-7-13/h2-4,6-7,14H,5,8-11H2,1H3. The monoisotopic (exact) mass is 257 g/mol. The molecule has 0 radical (unpaired) electrons. The van der Waals surface area contributed by atoms with E-state index in [1.807, 2.05) is 6.92 Å². The lowest BCUT2D eigenvalue weighted by molar-refractivity contribution is 0.209. The summed E-state index contributed by atoms with van der Waals surface area (Å²) in [6, 6.07) is 11.3. The molecule has 0 bridgehead atoms. The highest BCUT2D eigenvalue weighted by atomic mass is 16.5. The summed E-state index contributed by atoms with van der Waals surface area (Å²) in [6.45, 7) is 3.76. The van der Waals surface area contributed by atoms with Crippen LogP contribution in [0.1, 0.15) is 30.1 Å². The van der Waals surface area contributed by atoms with Crippen molar-refractivity contribution in [2.24, 2.45) is 0 Å². The summed E-state index contributed by atoms with van der Waals surface area (Å²) in [5.74, 6) is 1.45. The van der Waals surface area contributed by atoms with E-state index in [2.05, 4.69) is 45.4 Å². The summed E-state index contributed by atoms with van der Waals surface area (Å²) in [6.07, 6.45) is 3.61. The van der Waals surface area contributed by atoms with Gasteiger partial charge in [-0.15, -0.1) is 0 Å². The highest BCUT2D eigenvalue weighted by Crippen LogP contribution is 2.22. The Labute approximate surface area is 113 Å². The summed E-state index contributed by atoms with van der Waals surface area (Å²) in [5, 5.41) is 3.85. The van der Waals surface area contributed by atoms with Crippen LogP contribution >= 0.6 is 0 Å². The molecule has 0 saturated carbocycles. The molecule has 0 aliphatic carbocycles. The normalized spacial score (nSPS) is 19.9. The smallest absolute Gasteiger partial charge is 0.240 e. The van der Waals surface area contributed by atoms with E-state index >= 15 is 0 Å². The molecule has 4 heteroatoms. The van der Waals surface area contributed by atoms with Crippen LogP contribution in [0.15, 0.2) is 34.9 Å². The predicted molar refractivity (Wildman–Crippen MR) is 72.6 cm³/mol. The van der Waals surface area contributed by atoms with E-state index in [0.717, 1.165) is 25.4 Å². The molecular weight excluding hydrogens is 238 g/mol.